The van der Waals surface area contributed by atoms with Gasteiger partial charge in [-0.25, -0.2) is 0 Å². The molecule has 0 atom stereocenters. The van der Waals surface area contributed by atoms with Gasteiger partial charge in [0.05, 0.1) is 32.5 Å². The van der Waals surface area contributed by atoms with E-state index in [1.165, 1.54) is 15.6 Å². The van der Waals surface area contributed by atoms with Gasteiger partial charge < -0.3 is 21.7 Å². The zero-order chi connectivity index (χ0) is 12.4. The first-order valence-corrected chi connectivity index (χ1v) is 5.13. The molecule has 2 rings (SSSR count). The molecule has 0 saturated carbocycles. The second kappa shape index (κ2) is 4.47. The molecule has 6 N–H and O–H groups in total. The predicted molar refractivity (Wildman–Crippen MR) is 61.9 cm³/mol. The van der Waals surface area contributed by atoms with Crippen LogP contribution in [-0.4, -0.2) is 56.0 Å². The Kier molecular flexibility index (Phi) is 3.02. The maximum Gasteiger partial charge on any atom is 0.225 e. The van der Waals surface area contributed by atoms with Crippen molar-refractivity contribution in [1.29, 1.82) is 0 Å². The minimum Gasteiger partial charge on any atom is -0.394 e. The fourth-order valence-corrected chi connectivity index (χ4v) is 1.65. The van der Waals surface area contributed by atoms with E-state index in [1.807, 2.05) is 0 Å². The average molecular weight is 241 g/mol. The van der Waals surface area contributed by atoms with Crippen LogP contribution in [0.4, 0.5) is 11.8 Å². The van der Waals surface area contributed by atoms with Gasteiger partial charge >= 0.3 is 0 Å². The molecule has 2 aromatic rings. The zero-order valence-electron chi connectivity index (χ0n) is 9.19. The molecule has 0 aliphatic rings. The van der Waals surface area contributed by atoms with Crippen molar-refractivity contribution >= 4 is 17.3 Å². The average Bonchev–Trinajstić information content (AvgIpc) is 2.82. The number of nitrogens with two attached hydrogens (primary N) is 2. The molecular formula is C8H15N7O2. The van der Waals surface area contributed by atoms with Crippen LogP contribution in [0.1, 0.15) is 0 Å². The standard InChI is InChI=1S/C8H15N7O2/c9-7-6-5-11-15(14(6)8(10)12-7)13(1-3-16)2-4-17/h5,16-17H,1-4,9H2,(H2,10,12). The topological polar surface area (TPSA) is 131 Å². The Morgan fingerprint density at radius 3 is 2.47 bits per heavy atom. The third kappa shape index (κ3) is 1.85. The number of hydrogen-bond donors (Lipinski definition) is 4. The Balaban J connectivity index is 2.45. The summed E-state index contributed by atoms with van der Waals surface area (Å²) in [7, 11) is 0. The number of nitrogens with zero attached hydrogens (tertiary/aromatic N) is 5. The van der Waals surface area contributed by atoms with Crippen molar-refractivity contribution < 1.29 is 10.2 Å². The van der Waals surface area contributed by atoms with Crippen LogP contribution in [0.25, 0.3) is 5.52 Å². The van der Waals surface area contributed by atoms with E-state index in [-0.39, 0.29) is 19.2 Å². The molecule has 17 heavy (non-hydrogen) atoms. The fourth-order valence-electron chi connectivity index (χ4n) is 1.65. The van der Waals surface area contributed by atoms with Gasteiger partial charge in [0.25, 0.3) is 0 Å². The molecule has 0 amide bonds. The number of rotatable bonds is 5. The van der Waals surface area contributed by atoms with Crippen molar-refractivity contribution in [3.63, 3.8) is 0 Å². The number of fused-ring (bicyclic) bond motifs is 1. The van der Waals surface area contributed by atoms with Gasteiger partial charge in [0.2, 0.25) is 5.95 Å². The molecule has 9 heteroatoms. The monoisotopic (exact) mass is 241 g/mol. The summed E-state index contributed by atoms with van der Waals surface area (Å²) in [6.07, 6.45) is 1.53. The number of imidazole rings is 1. The predicted octanol–water partition coefficient (Wildman–Crippen LogP) is -2.38. The van der Waals surface area contributed by atoms with Gasteiger partial charge in [-0.05, 0) is 0 Å². The summed E-state index contributed by atoms with van der Waals surface area (Å²) in [5, 5.41) is 23.7. The first-order chi connectivity index (χ1) is 8.19. The maximum atomic E-state index is 8.96. The van der Waals surface area contributed by atoms with Crippen LogP contribution >= 0.6 is 0 Å². The van der Waals surface area contributed by atoms with E-state index in [2.05, 4.69) is 10.1 Å². The van der Waals surface area contributed by atoms with Crippen LogP contribution in [0.15, 0.2) is 6.20 Å². The highest BCUT2D eigenvalue weighted by Gasteiger charge is 2.15. The van der Waals surface area contributed by atoms with E-state index in [1.54, 1.807) is 5.01 Å². The summed E-state index contributed by atoms with van der Waals surface area (Å²) < 4.78 is 1.51. The Morgan fingerprint density at radius 2 is 1.88 bits per heavy atom. The first kappa shape index (κ1) is 11.5. The Morgan fingerprint density at radius 1 is 1.24 bits per heavy atom. The second-order valence-electron chi connectivity index (χ2n) is 3.47. The van der Waals surface area contributed by atoms with Gasteiger partial charge in [0.15, 0.2) is 5.82 Å². The summed E-state index contributed by atoms with van der Waals surface area (Å²) in [6, 6.07) is 0. The number of anilines is 2. The van der Waals surface area contributed by atoms with Crippen molar-refractivity contribution in [2.24, 2.45) is 0 Å². The lowest BCUT2D eigenvalue weighted by atomic mass is 10.6. The number of aromatic nitrogens is 4. The molecule has 94 valence electrons. The lowest BCUT2D eigenvalue weighted by Gasteiger charge is -2.22. The molecule has 9 nitrogen and oxygen atoms in total. The van der Waals surface area contributed by atoms with E-state index in [0.29, 0.717) is 24.4 Å². The molecule has 0 aliphatic carbocycles. The third-order valence-corrected chi connectivity index (χ3v) is 2.37. The molecule has 0 aliphatic heterocycles. The van der Waals surface area contributed by atoms with Gasteiger partial charge in [-0.1, -0.05) is 0 Å². The minimum atomic E-state index is -0.0641. The minimum absolute atomic E-state index is 0.0641. The highest BCUT2D eigenvalue weighted by molar-refractivity contribution is 5.67. The molecule has 0 unspecified atom stereocenters. The van der Waals surface area contributed by atoms with Crippen LogP contribution < -0.4 is 16.5 Å². The van der Waals surface area contributed by atoms with E-state index < -0.39 is 0 Å². The van der Waals surface area contributed by atoms with Gasteiger partial charge in [-0.15, -0.1) is 10.0 Å². The highest BCUT2D eigenvalue weighted by atomic mass is 16.3. The van der Waals surface area contributed by atoms with Crippen LogP contribution in [0.2, 0.25) is 0 Å². The third-order valence-electron chi connectivity index (χ3n) is 2.37. The quantitative estimate of drug-likeness (QED) is 0.459. The summed E-state index contributed by atoms with van der Waals surface area (Å²) in [5.74, 6) is 0.498. The molecule has 2 heterocycles. The van der Waals surface area contributed by atoms with E-state index >= 15 is 0 Å². The van der Waals surface area contributed by atoms with Crippen molar-refractivity contribution in [2.45, 2.75) is 0 Å². The number of aliphatic hydroxyl groups is 2. The number of aliphatic hydroxyl groups excluding tert-OH is 2. The summed E-state index contributed by atoms with van der Waals surface area (Å²) >= 11 is 0. The first-order valence-electron chi connectivity index (χ1n) is 5.13. The number of hydrogen-bond acceptors (Lipinski definition) is 7. The van der Waals surface area contributed by atoms with Crippen LogP contribution in [0.5, 0.6) is 0 Å². The lowest BCUT2D eigenvalue weighted by Crippen LogP contribution is -2.42. The van der Waals surface area contributed by atoms with Gasteiger partial charge in [0.1, 0.15) is 5.52 Å². The SMILES string of the molecule is Nc1nc(N)n2c1cnn2N(CCO)CCO. The van der Waals surface area contributed by atoms with Crippen LogP contribution in [0.3, 0.4) is 0 Å². The van der Waals surface area contributed by atoms with Crippen molar-refractivity contribution in [3.05, 3.63) is 6.20 Å². The lowest BCUT2D eigenvalue weighted by molar-refractivity contribution is 0.253. The molecule has 0 fully saturated rings. The summed E-state index contributed by atoms with van der Waals surface area (Å²) in [6.45, 7) is 0.501. The Hall–Kier alpha value is -2.00. The van der Waals surface area contributed by atoms with Gasteiger partial charge in [0, 0.05) is 0 Å². The molecule has 0 spiro atoms. The Labute approximate surface area is 96.8 Å². The largest absolute Gasteiger partial charge is 0.394 e. The van der Waals surface area contributed by atoms with Crippen molar-refractivity contribution in [2.75, 3.05) is 42.8 Å². The van der Waals surface area contributed by atoms with Gasteiger partial charge in [-0.3, -0.25) is 5.01 Å². The normalized spacial score (nSPS) is 11.2. The smallest absolute Gasteiger partial charge is 0.225 e. The van der Waals surface area contributed by atoms with E-state index in [0.717, 1.165) is 0 Å². The highest BCUT2D eigenvalue weighted by Crippen LogP contribution is 2.15. The van der Waals surface area contributed by atoms with E-state index in [9.17, 15) is 0 Å². The fraction of sp³-hybridized carbons (Fsp3) is 0.500. The molecule has 0 radical (unpaired) electrons. The van der Waals surface area contributed by atoms with Crippen molar-refractivity contribution in [3.8, 4) is 0 Å². The number of nitrogen functional groups attached to an aromatic ring is 2. The van der Waals surface area contributed by atoms with Gasteiger partial charge in [-0.2, -0.15) is 9.50 Å². The summed E-state index contributed by atoms with van der Waals surface area (Å²) in [4.78, 5) is 5.35. The molecule has 2 aromatic heterocycles. The van der Waals surface area contributed by atoms with Crippen molar-refractivity contribution in [1.82, 2.24) is 19.5 Å². The van der Waals surface area contributed by atoms with Crippen LogP contribution in [-0.2, 0) is 0 Å². The Bertz CT molecular complexity index is 499. The second-order valence-corrected chi connectivity index (χ2v) is 3.47. The molecule has 0 saturated heterocycles. The maximum absolute atomic E-state index is 8.96. The molecular weight excluding hydrogens is 226 g/mol. The van der Waals surface area contributed by atoms with E-state index in [4.69, 9.17) is 21.7 Å². The van der Waals surface area contributed by atoms with Crippen LogP contribution in [0, 0.1) is 0 Å². The zero-order valence-corrected chi connectivity index (χ0v) is 9.19. The molecule has 0 aromatic carbocycles. The summed E-state index contributed by atoms with van der Waals surface area (Å²) in [5.41, 5.74) is 12.0. The molecule has 0 bridgehead atoms.